The van der Waals surface area contributed by atoms with Gasteiger partial charge in [0.2, 0.25) is 0 Å². The van der Waals surface area contributed by atoms with Gasteiger partial charge in [0, 0.05) is 11.6 Å². The standard InChI is InChI=1S/C9H14N2O2/c1-9(2,3)8(13)7-6(10)5(12)4-11-7/h4,11-12H,10H2,1-3H3. The topological polar surface area (TPSA) is 79.1 Å². The Morgan fingerprint density at radius 3 is 2.38 bits per heavy atom. The number of aromatic amines is 1. The van der Waals surface area contributed by atoms with Crippen molar-refractivity contribution in [1.82, 2.24) is 4.98 Å². The molecule has 0 aliphatic carbocycles. The van der Waals surface area contributed by atoms with Crippen molar-refractivity contribution in [3.05, 3.63) is 11.9 Å². The summed E-state index contributed by atoms with van der Waals surface area (Å²) >= 11 is 0. The van der Waals surface area contributed by atoms with Gasteiger partial charge in [0.05, 0.1) is 0 Å². The first-order chi connectivity index (χ1) is 5.84. The molecule has 0 aromatic carbocycles. The second-order valence-electron chi connectivity index (χ2n) is 4.04. The Morgan fingerprint density at radius 1 is 1.54 bits per heavy atom. The van der Waals surface area contributed by atoms with E-state index in [-0.39, 0.29) is 22.9 Å². The molecule has 4 N–H and O–H groups in total. The maximum absolute atomic E-state index is 11.7. The van der Waals surface area contributed by atoms with Gasteiger partial charge in [-0.3, -0.25) is 4.79 Å². The number of rotatable bonds is 1. The Bertz CT molecular complexity index is 334. The van der Waals surface area contributed by atoms with Gasteiger partial charge in [-0.05, 0) is 0 Å². The van der Waals surface area contributed by atoms with Gasteiger partial charge in [0.15, 0.2) is 11.5 Å². The normalized spacial score (nSPS) is 11.6. The molecule has 4 nitrogen and oxygen atoms in total. The highest BCUT2D eigenvalue weighted by molar-refractivity contribution is 6.03. The van der Waals surface area contributed by atoms with Crippen molar-refractivity contribution in [2.24, 2.45) is 5.41 Å². The van der Waals surface area contributed by atoms with Gasteiger partial charge in [-0.1, -0.05) is 20.8 Å². The number of hydrogen-bond acceptors (Lipinski definition) is 3. The number of nitrogen functional groups attached to an aromatic ring is 1. The molecule has 0 amide bonds. The van der Waals surface area contributed by atoms with E-state index in [9.17, 15) is 4.79 Å². The molecule has 1 aromatic rings. The highest BCUT2D eigenvalue weighted by Crippen LogP contribution is 2.29. The van der Waals surface area contributed by atoms with Gasteiger partial charge in [0.25, 0.3) is 0 Å². The molecule has 1 heterocycles. The molecule has 0 saturated carbocycles. The quantitative estimate of drug-likeness (QED) is 0.576. The average molecular weight is 182 g/mol. The van der Waals surface area contributed by atoms with E-state index in [2.05, 4.69) is 4.98 Å². The minimum atomic E-state index is -0.495. The third kappa shape index (κ3) is 1.66. The summed E-state index contributed by atoms with van der Waals surface area (Å²) in [6, 6.07) is 0. The predicted molar refractivity (Wildman–Crippen MR) is 50.7 cm³/mol. The van der Waals surface area contributed by atoms with Crippen molar-refractivity contribution >= 4 is 11.5 Å². The van der Waals surface area contributed by atoms with Crippen LogP contribution in [0, 0.1) is 5.41 Å². The van der Waals surface area contributed by atoms with Crippen molar-refractivity contribution in [2.75, 3.05) is 5.73 Å². The van der Waals surface area contributed by atoms with E-state index in [0.29, 0.717) is 0 Å². The maximum Gasteiger partial charge on any atom is 0.186 e. The first-order valence-corrected chi connectivity index (χ1v) is 4.04. The molecule has 0 radical (unpaired) electrons. The molecule has 0 unspecified atom stereocenters. The van der Waals surface area contributed by atoms with Crippen LogP contribution in [0.3, 0.4) is 0 Å². The number of hydrogen-bond donors (Lipinski definition) is 3. The van der Waals surface area contributed by atoms with Crippen molar-refractivity contribution in [3.63, 3.8) is 0 Å². The van der Waals surface area contributed by atoms with Crippen LogP contribution < -0.4 is 5.73 Å². The van der Waals surface area contributed by atoms with Gasteiger partial charge in [-0.15, -0.1) is 0 Å². The molecule has 1 aromatic heterocycles. The minimum absolute atomic E-state index is 0.0763. The first kappa shape index (κ1) is 9.64. The number of H-pyrrole nitrogens is 1. The highest BCUT2D eigenvalue weighted by atomic mass is 16.3. The summed E-state index contributed by atoms with van der Waals surface area (Å²) in [6.45, 7) is 5.39. The van der Waals surface area contributed by atoms with E-state index >= 15 is 0 Å². The van der Waals surface area contributed by atoms with E-state index in [1.165, 1.54) is 6.20 Å². The molecule has 0 bridgehead atoms. The third-order valence-corrected chi connectivity index (χ3v) is 1.81. The monoisotopic (exact) mass is 182 g/mol. The van der Waals surface area contributed by atoms with E-state index in [1.807, 2.05) is 0 Å². The molecule has 4 heteroatoms. The van der Waals surface area contributed by atoms with Crippen LogP contribution in [0.15, 0.2) is 6.20 Å². The van der Waals surface area contributed by atoms with Crippen molar-refractivity contribution in [2.45, 2.75) is 20.8 Å². The number of anilines is 1. The Kier molecular flexibility index (Phi) is 2.07. The Hall–Kier alpha value is -1.45. The Morgan fingerprint density at radius 2 is 2.08 bits per heavy atom. The SMILES string of the molecule is CC(C)(C)C(=O)c1[nH]cc(O)c1N. The molecule has 0 aliphatic heterocycles. The highest BCUT2D eigenvalue weighted by Gasteiger charge is 2.26. The molecule has 0 saturated heterocycles. The van der Waals surface area contributed by atoms with E-state index in [4.69, 9.17) is 10.8 Å². The van der Waals surface area contributed by atoms with Crippen LogP contribution in [0.1, 0.15) is 31.3 Å². The fraction of sp³-hybridized carbons (Fsp3) is 0.444. The Balaban J connectivity index is 3.10. The van der Waals surface area contributed by atoms with Gasteiger partial charge in [0.1, 0.15) is 11.4 Å². The second kappa shape index (κ2) is 2.80. The number of aromatic nitrogens is 1. The molecule has 0 aliphatic rings. The molecule has 0 atom stereocenters. The van der Waals surface area contributed by atoms with Crippen LogP contribution in [-0.2, 0) is 0 Å². The first-order valence-electron chi connectivity index (χ1n) is 4.04. The summed E-state index contributed by atoms with van der Waals surface area (Å²) in [5.41, 5.74) is 5.41. The molecular formula is C9H14N2O2. The molecule has 0 spiro atoms. The van der Waals surface area contributed by atoms with Crippen LogP contribution in [0.4, 0.5) is 5.69 Å². The van der Waals surface area contributed by atoms with E-state index < -0.39 is 5.41 Å². The van der Waals surface area contributed by atoms with Crippen molar-refractivity contribution in [3.8, 4) is 5.75 Å². The number of nitrogens with one attached hydrogen (secondary N) is 1. The fourth-order valence-electron chi connectivity index (χ4n) is 0.987. The van der Waals surface area contributed by atoms with Crippen LogP contribution in [-0.4, -0.2) is 15.9 Å². The number of nitrogens with two attached hydrogens (primary N) is 1. The lowest BCUT2D eigenvalue weighted by Crippen LogP contribution is -2.21. The van der Waals surface area contributed by atoms with Crippen molar-refractivity contribution in [1.29, 1.82) is 0 Å². The summed E-state index contributed by atoms with van der Waals surface area (Å²) in [7, 11) is 0. The van der Waals surface area contributed by atoms with Gasteiger partial charge in [-0.25, -0.2) is 0 Å². The summed E-state index contributed by atoms with van der Waals surface area (Å²) in [5.74, 6) is -0.182. The molecule has 13 heavy (non-hydrogen) atoms. The number of Topliss-reactive ketones (excluding diaryl/α,β-unsaturated/α-hetero) is 1. The average Bonchev–Trinajstić information content (AvgIpc) is 2.30. The zero-order chi connectivity index (χ0) is 10.2. The van der Waals surface area contributed by atoms with Gasteiger partial charge < -0.3 is 15.8 Å². The van der Waals surface area contributed by atoms with Crippen LogP contribution in [0.25, 0.3) is 0 Å². The summed E-state index contributed by atoms with van der Waals surface area (Å²) in [4.78, 5) is 14.3. The number of aromatic hydroxyl groups is 1. The number of ketones is 1. The number of carbonyl (C=O) groups is 1. The molecule has 72 valence electrons. The summed E-state index contributed by atoms with van der Waals surface area (Å²) in [5, 5.41) is 9.15. The van der Waals surface area contributed by atoms with Gasteiger partial charge in [-0.2, -0.15) is 0 Å². The van der Waals surface area contributed by atoms with Gasteiger partial charge >= 0.3 is 0 Å². The maximum atomic E-state index is 11.7. The second-order valence-corrected chi connectivity index (χ2v) is 4.04. The lowest BCUT2D eigenvalue weighted by atomic mass is 9.88. The van der Waals surface area contributed by atoms with Crippen LogP contribution in [0.5, 0.6) is 5.75 Å². The smallest absolute Gasteiger partial charge is 0.186 e. The largest absolute Gasteiger partial charge is 0.504 e. The zero-order valence-electron chi connectivity index (χ0n) is 8.01. The molecule has 0 fully saturated rings. The zero-order valence-corrected chi connectivity index (χ0v) is 8.01. The summed E-state index contributed by atoms with van der Waals surface area (Å²) < 4.78 is 0. The lowest BCUT2D eigenvalue weighted by molar-refractivity contribution is 0.0854. The van der Waals surface area contributed by atoms with Crippen LogP contribution in [0.2, 0.25) is 0 Å². The predicted octanol–water partition coefficient (Wildman–Crippen LogP) is 1.53. The number of carbonyl (C=O) groups excluding carboxylic acids is 1. The lowest BCUT2D eigenvalue weighted by Gasteiger charge is -2.15. The third-order valence-electron chi connectivity index (χ3n) is 1.81. The summed E-state index contributed by atoms with van der Waals surface area (Å²) in [6.07, 6.45) is 1.31. The van der Waals surface area contributed by atoms with E-state index in [0.717, 1.165) is 0 Å². The van der Waals surface area contributed by atoms with Crippen LogP contribution >= 0.6 is 0 Å². The van der Waals surface area contributed by atoms with E-state index in [1.54, 1.807) is 20.8 Å². The minimum Gasteiger partial charge on any atom is -0.504 e. The molecular weight excluding hydrogens is 168 g/mol. The Labute approximate surface area is 76.8 Å². The van der Waals surface area contributed by atoms with Crippen molar-refractivity contribution < 1.29 is 9.90 Å². The molecule has 1 rings (SSSR count). The fourth-order valence-corrected chi connectivity index (χ4v) is 0.987.